The van der Waals surface area contributed by atoms with Crippen LogP contribution in [-0.2, 0) is 17.8 Å². The van der Waals surface area contributed by atoms with Crippen LogP contribution in [-0.4, -0.2) is 42.6 Å². The monoisotopic (exact) mass is 429 g/mol. The molecule has 2 aliphatic rings. The van der Waals surface area contributed by atoms with Crippen molar-refractivity contribution in [2.45, 2.75) is 25.2 Å². The second kappa shape index (κ2) is 8.45. The van der Waals surface area contributed by atoms with E-state index in [1.54, 1.807) is 11.3 Å². The summed E-state index contributed by atoms with van der Waals surface area (Å²) in [6, 6.07) is 12.6. The summed E-state index contributed by atoms with van der Waals surface area (Å²) in [7, 11) is 0. The highest BCUT2D eigenvalue weighted by Gasteiger charge is 2.31. The Labute approximate surface area is 178 Å². The number of ether oxygens (including phenoxy) is 3. The summed E-state index contributed by atoms with van der Waals surface area (Å²) >= 11 is 3.62. The molecular weight excluding hydrogens is 406 g/mol. The summed E-state index contributed by atoms with van der Waals surface area (Å²) in [6.45, 7) is 2.56. The molecule has 2 aliphatic heterocycles. The van der Waals surface area contributed by atoms with Crippen molar-refractivity contribution in [2.75, 3.05) is 26.5 Å². The maximum atomic E-state index is 10.6. The van der Waals surface area contributed by atoms with E-state index in [9.17, 15) is 5.11 Å². The number of nitrogens with zero attached hydrogens (tertiary/aromatic N) is 1. The molecule has 2 unspecified atom stereocenters. The molecule has 0 spiro atoms. The number of aliphatic hydroxyl groups excluding tert-OH is 1. The molecule has 0 saturated heterocycles. The minimum absolute atomic E-state index is 0.230. The van der Waals surface area contributed by atoms with Crippen LogP contribution in [0.1, 0.15) is 26.9 Å². The Morgan fingerprint density at radius 1 is 1.14 bits per heavy atom. The number of aliphatic hydroxyl groups is 1. The van der Waals surface area contributed by atoms with Gasteiger partial charge in [0.1, 0.15) is 0 Å². The fraction of sp³-hybridized carbons (Fsp3) is 0.364. The molecule has 5 rings (SSSR count). The topological polar surface area (TPSA) is 51.2 Å². The van der Waals surface area contributed by atoms with Gasteiger partial charge >= 0.3 is 0 Å². The van der Waals surface area contributed by atoms with Gasteiger partial charge in [-0.15, -0.1) is 22.7 Å². The zero-order valence-electron chi connectivity index (χ0n) is 16.0. The van der Waals surface area contributed by atoms with Crippen LogP contribution in [0.15, 0.2) is 47.2 Å². The predicted octanol–water partition coefficient (Wildman–Crippen LogP) is 4.06. The normalized spacial score (nSPS) is 19.3. The molecule has 4 heterocycles. The number of rotatable bonds is 7. The van der Waals surface area contributed by atoms with E-state index in [-0.39, 0.29) is 12.8 Å². The van der Waals surface area contributed by atoms with Crippen LogP contribution in [0.4, 0.5) is 0 Å². The van der Waals surface area contributed by atoms with Crippen LogP contribution < -0.4 is 9.47 Å². The van der Waals surface area contributed by atoms with E-state index in [1.165, 1.54) is 15.3 Å². The van der Waals surface area contributed by atoms with Gasteiger partial charge in [-0.05, 0) is 52.6 Å². The number of fused-ring (bicyclic) bond motifs is 2. The molecule has 0 saturated carbocycles. The quantitative estimate of drug-likeness (QED) is 0.614. The van der Waals surface area contributed by atoms with Gasteiger partial charge in [0.15, 0.2) is 11.5 Å². The number of thiophene rings is 2. The van der Waals surface area contributed by atoms with Gasteiger partial charge < -0.3 is 19.3 Å². The molecular formula is C22H23NO4S2. The molecule has 0 radical (unpaired) electrons. The highest BCUT2D eigenvalue weighted by molar-refractivity contribution is 7.10. The molecule has 0 fully saturated rings. The summed E-state index contributed by atoms with van der Waals surface area (Å²) in [5.74, 6) is 1.52. The number of hydrogen-bond donors (Lipinski definition) is 1. The Bertz CT molecular complexity index is 956. The SMILES string of the molecule is OC(COCc1ccc2c(c1)OCO2)CN1CCc2sccc2C1c1cccs1. The van der Waals surface area contributed by atoms with Crippen molar-refractivity contribution in [1.82, 2.24) is 4.90 Å². The van der Waals surface area contributed by atoms with Crippen molar-refractivity contribution >= 4 is 22.7 Å². The van der Waals surface area contributed by atoms with Crippen LogP contribution in [0, 0.1) is 0 Å². The molecule has 5 nitrogen and oxygen atoms in total. The van der Waals surface area contributed by atoms with Gasteiger partial charge in [0, 0.05) is 22.8 Å². The van der Waals surface area contributed by atoms with Crippen molar-refractivity contribution in [3.05, 3.63) is 68.0 Å². The van der Waals surface area contributed by atoms with E-state index in [0.717, 1.165) is 30.0 Å². The fourth-order valence-electron chi connectivity index (χ4n) is 4.01. The van der Waals surface area contributed by atoms with Gasteiger partial charge in [0.25, 0.3) is 0 Å². The minimum Gasteiger partial charge on any atom is -0.454 e. The van der Waals surface area contributed by atoms with Crippen LogP contribution in [0.3, 0.4) is 0 Å². The molecule has 29 heavy (non-hydrogen) atoms. The van der Waals surface area contributed by atoms with Gasteiger partial charge in [0.05, 0.1) is 25.4 Å². The first kappa shape index (κ1) is 19.1. The van der Waals surface area contributed by atoms with E-state index in [2.05, 4.69) is 33.9 Å². The van der Waals surface area contributed by atoms with E-state index in [0.29, 0.717) is 19.8 Å². The van der Waals surface area contributed by atoms with Crippen LogP contribution in [0.25, 0.3) is 0 Å². The smallest absolute Gasteiger partial charge is 0.231 e. The number of benzene rings is 1. The Hall–Kier alpha value is -1.90. The predicted molar refractivity (Wildman–Crippen MR) is 114 cm³/mol. The third kappa shape index (κ3) is 4.06. The zero-order chi connectivity index (χ0) is 19.6. The Kier molecular flexibility index (Phi) is 5.56. The van der Waals surface area contributed by atoms with Crippen LogP contribution in [0.5, 0.6) is 11.5 Å². The van der Waals surface area contributed by atoms with Crippen LogP contribution in [0.2, 0.25) is 0 Å². The van der Waals surface area contributed by atoms with Crippen LogP contribution >= 0.6 is 22.7 Å². The van der Waals surface area contributed by atoms with Gasteiger partial charge in [-0.3, -0.25) is 4.90 Å². The molecule has 0 amide bonds. The lowest BCUT2D eigenvalue weighted by Crippen LogP contribution is -2.41. The van der Waals surface area contributed by atoms with E-state index >= 15 is 0 Å². The Balaban J connectivity index is 1.19. The van der Waals surface area contributed by atoms with E-state index in [4.69, 9.17) is 14.2 Å². The zero-order valence-corrected chi connectivity index (χ0v) is 17.6. The van der Waals surface area contributed by atoms with Crippen molar-refractivity contribution in [2.24, 2.45) is 0 Å². The summed E-state index contributed by atoms with van der Waals surface area (Å²) in [5.41, 5.74) is 2.40. The highest BCUT2D eigenvalue weighted by atomic mass is 32.1. The Morgan fingerprint density at radius 3 is 2.97 bits per heavy atom. The minimum atomic E-state index is -0.536. The molecule has 0 aliphatic carbocycles. The average Bonchev–Trinajstić information content (AvgIpc) is 3.48. The summed E-state index contributed by atoms with van der Waals surface area (Å²) in [4.78, 5) is 5.18. The lowest BCUT2D eigenvalue weighted by molar-refractivity contribution is 0.00415. The third-order valence-electron chi connectivity index (χ3n) is 5.34. The standard InChI is InChI=1S/C22H23NO4S2/c24-16(13-25-12-15-3-4-18-19(10-15)27-14-26-18)11-23-7-5-20-17(6-9-29-20)22(23)21-2-1-8-28-21/h1-4,6,8-10,16,22,24H,5,7,11-14H2. The highest BCUT2D eigenvalue weighted by Crippen LogP contribution is 2.39. The van der Waals surface area contributed by atoms with Gasteiger partial charge in [0.2, 0.25) is 6.79 Å². The van der Waals surface area contributed by atoms with Crippen molar-refractivity contribution < 1.29 is 19.3 Å². The number of β-amino-alcohol motifs (C(OH)–C–C–N with tert-alkyl or cyclic N) is 1. The van der Waals surface area contributed by atoms with E-state index < -0.39 is 6.10 Å². The molecule has 152 valence electrons. The first-order chi connectivity index (χ1) is 14.3. The van der Waals surface area contributed by atoms with Crippen molar-refractivity contribution in [3.63, 3.8) is 0 Å². The largest absolute Gasteiger partial charge is 0.454 e. The lowest BCUT2D eigenvalue weighted by atomic mass is 9.98. The maximum Gasteiger partial charge on any atom is 0.231 e. The molecule has 7 heteroatoms. The summed E-state index contributed by atoms with van der Waals surface area (Å²) in [5, 5.41) is 14.9. The van der Waals surface area contributed by atoms with Gasteiger partial charge in [-0.25, -0.2) is 0 Å². The maximum absolute atomic E-state index is 10.6. The molecule has 2 atom stereocenters. The molecule has 2 aromatic heterocycles. The van der Waals surface area contributed by atoms with Gasteiger partial charge in [-0.1, -0.05) is 12.1 Å². The molecule has 1 N–H and O–H groups in total. The summed E-state index contributed by atoms with van der Waals surface area (Å²) < 4.78 is 16.5. The second-order valence-electron chi connectivity index (χ2n) is 7.32. The second-order valence-corrected chi connectivity index (χ2v) is 9.30. The molecule has 3 aromatic rings. The van der Waals surface area contributed by atoms with Gasteiger partial charge in [-0.2, -0.15) is 0 Å². The molecule has 1 aromatic carbocycles. The first-order valence-corrected chi connectivity index (χ1v) is 11.5. The average molecular weight is 430 g/mol. The van der Waals surface area contributed by atoms with Crippen molar-refractivity contribution in [3.8, 4) is 11.5 Å². The third-order valence-corrected chi connectivity index (χ3v) is 7.26. The lowest BCUT2D eigenvalue weighted by Gasteiger charge is -2.36. The number of hydrogen-bond acceptors (Lipinski definition) is 7. The molecule has 0 bridgehead atoms. The fourth-order valence-corrected chi connectivity index (χ4v) is 5.79. The Morgan fingerprint density at radius 2 is 2.07 bits per heavy atom. The summed E-state index contributed by atoms with van der Waals surface area (Å²) in [6.07, 6.45) is 0.506. The van der Waals surface area contributed by atoms with Crippen molar-refractivity contribution in [1.29, 1.82) is 0 Å². The first-order valence-electron chi connectivity index (χ1n) is 9.76. The van der Waals surface area contributed by atoms with E-state index in [1.807, 2.05) is 29.5 Å².